The van der Waals surface area contributed by atoms with E-state index in [2.05, 4.69) is 25.2 Å². The van der Waals surface area contributed by atoms with E-state index in [0.29, 0.717) is 17.0 Å². The SMILES string of the molecule is COc1cc(C#N)ccc1NC(=O)C1CCCCC1(C)C. The van der Waals surface area contributed by atoms with Gasteiger partial charge in [-0.2, -0.15) is 5.26 Å². The van der Waals surface area contributed by atoms with Crippen molar-refractivity contribution in [3.63, 3.8) is 0 Å². The first-order valence-corrected chi connectivity index (χ1v) is 7.37. The van der Waals surface area contributed by atoms with Crippen LogP contribution in [0, 0.1) is 22.7 Å². The molecule has 0 aromatic heterocycles. The highest BCUT2D eigenvalue weighted by Gasteiger charge is 2.37. The molecule has 2 rings (SSSR count). The van der Waals surface area contributed by atoms with E-state index in [1.807, 2.05) is 0 Å². The highest BCUT2D eigenvalue weighted by atomic mass is 16.5. The van der Waals surface area contributed by atoms with Gasteiger partial charge in [0.25, 0.3) is 0 Å². The molecule has 0 saturated heterocycles. The molecule has 1 amide bonds. The van der Waals surface area contributed by atoms with Gasteiger partial charge in [0, 0.05) is 12.0 Å². The second-order valence-electron chi connectivity index (χ2n) is 6.30. The number of rotatable bonds is 3. The molecule has 21 heavy (non-hydrogen) atoms. The first kappa shape index (κ1) is 15.4. The molecular weight excluding hydrogens is 264 g/mol. The minimum atomic E-state index is 0.0200. The summed E-state index contributed by atoms with van der Waals surface area (Å²) in [7, 11) is 1.54. The van der Waals surface area contributed by atoms with Crippen molar-refractivity contribution in [2.75, 3.05) is 12.4 Å². The number of nitrogens with one attached hydrogen (secondary N) is 1. The maximum Gasteiger partial charge on any atom is 0.228 e. The van der Waals surface area contributed by atoms with Crippen LogP contribution in [0.2, 0.25) is 0 Å². The number of ether oxygens (including phenoxy) is 1. The van der Waals surface area contributed by atoms with Crippen molar-refractivity contribution in [1.29, 1.82) is 5.26 Å². The van der Waals surface area contributed by atoms with E-state index in [1.165, 1.54) is 13.5 Å². The van der Waals surface area contributed by atoms with Crippen LogP contribution in [-0.2, 0) is 4.79 Å². The summed E-state index contributed by atoms with van der Waals surface area (Å²) in [4.78, 5) is 12.6. The number of benzene rings is 1. The average molecular weight is 286 g/mol. The third-order valence-electron chi connectivity index (χ3n) is 4.41. The number of carbonyl (C=O) groups excluding carboxylic acids is 1. The summed E-state index contributed by atoms with van der Waals surface area (Å²) in [5.41, 5.74) is 1.17. The van der Waals surface area contributed by atoms with Crippen LogP contribution in [0.15, 0.2) is 18.2 Å². The minimum Gasteiger partial charge on any atom is -0.495 e. The molecule has 4 nitrogen and oxygen atoms in total. The smallest absolute Gasteiger partial charge is 0.228 e. The summed E-state index contributed by atoms with van der Waals surface area (Å²) in [6.45, 7) is 4.32. The number of nitriles is 1. The topological polar surface area (TPSA) is 62.1 Å². The van der Waals surface area contributed by atoms with Gasteiger partial charge < -0.3 is 10.1 Å². The molecule has 1 saturated carbocycles. The van der Waals surface area contributed by atoms with Crippen LogP contribution in [0.1, 0.15) is 45.1 Å². The largest absolute Gasteiger partial charge is 0.495 e. The van der Waals surface area contributed by atoms with Gasteiger partial charge in [-0.05, 0) is 30.4 Å². The zero-order valence-corrected chi connectivity index (χ0v) is 12.9. The van der Waals surface area contributed by atoms with Crippen LogP contribution in [0.4, 0.5) is 5.69 Å². The Morgan fingerprint density at radius 3 is 2.81 bits per heavy atom. The number of hydrogen-bond acceptors (Lipinski definition) is 3. The lowest BCUT2D eigenvalue weighted by molar-refractivity contribution is -0.124. The highest BCUT2D eigenvalue weighted by molar-refractivity contribution is 5.94. The second-order valence-corrected chi connectivity index (χ2v) is 6.30. The van der Waals surface area contributed by atoms with E-state index in [9.17, 15) is 4.79 Å². The molecule has 0 aliphatic heterocycles. The van der Waals surface area contributed by atoms with Crippen LogP contribution < -0.4 is 10.1 Å². The maximum atomic E-state index is 12.6. The molecule has 1 N–H and O–H groups in total. The zero-order chi connectivity index (χ0) is 15.5. The molecule has 1 aromatic carbocycles. The average Bonchev–Trinajstić information content (AvgIpc) is 2.47. The molecule has 0 spiro atoms. The lowest BCUT2D eigenvalue weighted by Crippen LogP contribution is -2.37. The molecule has 1 aromatic rings. The summed E-state index contributed by atoms with van der Waals surface area (Å²) >= 11 is 0. The van der Waals surface area contributed by atoms with Gasteiger partial charge in [-0.3, -0.25) is 4.79 Å². The quantitative estimate of drug-likeness (QED) is 0.921. The van der Waals surface area contributed by atoms with Gasteiger partial charge in [0.05, 0.1) is 24.4 Å². The van der Waals surface area contributed by atoms with E-state index in [1.54, 1.807) is 18.2 Å². The summed E-state index contributed by atoms with van der Waals surface area (Å²) < 4.78 is 5.26. The third kappa shape index (κ3) is 3.36. The molecule has 0 radical (unpaired) electrons. The predicted molar refractivity (Wildman–Crippen MR) is 82.1 cm³/mol. The number of anilines is 1. The van der Waals surface area contributed by atoms with Crippen molar-refractivity contribution in [1.82, 2.24) is 0 Å². The molecule has 4 heteroatoms. The molecule has 0 bridgehead atoms. The Morgan fingerprint density at radius 2 is 2.19 bits per heavy atom. The third-order valence-corrected chi connectivity index (χ3v) is 4.41. The highest BCUT2D eigenvalue weighted by Crippen LogP contribution is 2.41. The number of amides is 1. The Kier molecular flexibility index (Phi) is 4.52. The lowest BCUT2D eigenvalue weighted by Gasteiger charge is -2.37. The number of hydrogen-bond donors (Lipinski definition) is 1. The Labute approximate surface area is 126 Å². The Morgan fingerprint density at radius 1 is 1.43 bits per heavy atom. The standard InChI is InChI=1S/C17H22N2O2/c1-17(2)9-5-4-6-13(17)16(20)19-14-8-7-12(11-18)10-15(14)21-3/h7-8,10,13H,4-6,9H2,1-3H3,(H,19,20). The molecule has 0 heterocycles. The normalized spacial score (nSPS) is 20.4. The van der Waals surface area contributed by atoms with Gasteiger partial charge in [0.1, 0.15) is 5.75 Å². The molecule has 1 aliphatic carbocycles. The van der Waals surface area contributed by atoms with E-state index in [0.717, 1.165) is 19.3 Å². The fourth-order valence-electron chi connectivity index (χ4n) is 3.06. The number of methoxy groups -OCH3 is 1. The summed E-state index contributed by atoms with van der Waals surface area (Å²) in [6, 6.07) is 7.12. The van der Waals surface area contributed by atoms with Gasteiger partial charge in [0.2, 0.25) is 5.91 Å². The molecule has 112 valence electrons. The summed E-state index contributed by atoms with van der Waals surface area (Å²) in [5.74, 6) is 0.588. The van der Waals surface area contributed by atoms with Crippen molar-refractivity contribution in [3.8, 4) is 11.8 Å². The lowest BCUT2D eigenvalue weighted by atomic mass is 9.68. The van der Waals surface area contributed by atoms with Crippen molar-refractivity contribution >= 4 is 11.6 Å². The van der Waals surface area contributed by atoms with Crippen LogP contribution in [0.25, 0.3) is 0 Å². The molecule has 1 fully saturated rings. The fraction of sp³-hybridized carbons (Fsp3) is 0.529. The Bertz CT molecular complexity index is 573. The second kappa shape index (κ2) is 6.17. The van der Waals surface area contributed by atoms with Crippen LogP contribution in [0.5, 0.6) is 5.75 Å². The zero-order valence-electron chi connectivity index (χ0n) is 12.9. The van der Waals surface area contributed by atoms with Crippen molar-refractivity contribution in [3.05, 3.63) is 23.8 Å². The van der Waals surface area contributed by atoms with E-state index < -0.39 is 0 Å². The first-order valence-electron chi connectivity index (χ1n) is 7.37. The fourth-order valence-corrected chi connectivity index (χ4v) is 3.06. The van der Waals surface area contributed by atoms with Gasteiger partial charge in [0.15, 0.2) is 0 Å². The summed E-state index contributed by atoms with van der Waals surface area (Å²) in [5, 5.41) is 11.9. The van der Waals surface area contributed by atoms with E-state index >= 15 is 0 Å². The predicted octanol–water partition coefficient (Wildman–Crippen LogP) is 3.72. The van der Waals surface area contributed by atoms with Crippen LogP contribution >= 0.6 is 0 Å². The Balaban J connectivity index is 2.18. The van der Waals surface area contributed by atoms with Crippen LogP contribution in [-0.4, -0.2) is 13.0 Å². The molecular formula is C17H22N2O2. The monoisotopic (exact) mass is 286 g/mol. The van der Waals surface area contributed by atoms with Gasteiger partial charge >= 0.3 is 0 Å². The number of carbonyl (C=O) groups is 1. The van der Waals surface area contributed by atoms with Gasteiger partial charge in [-0.25, -0.2) is 0 Å². The minimum absolute atomic E-state index is 0.0200. The molecule has 1 atom stereocenters. The summed E-state index contributed by atoms with van der Waals surface area (Å²) in [6.07, 6.45) is 4.30. The van der Waals surface area contributed by atoms with Crippen LogP contribution in [0.3, 0.4) is 0 Å². The van der Waals surface area contributed by atoms with E-state index in [-0.39, 0.29) is 17.2 Å². The number of nitrogens with zero attached hydrogens (tertiary/aromatic N) is 1. The van der Waals surface area contributed by atoms with Gasteiger partial charge in [-0.15, -0.1) is 0 Å². The molecule has 1 unspecified atom stereocenters. The first-order chi connectivity index (χ1) is 9.97. The van der Waals surface area contributed by atoms with Crippen molar-refractivity contribution < 1.29 is 9.53 Å². The van der Waals surface area contributed by atoms with Gasteiger partial charge in [-0.1, -0.05) is 26.7 Å². The van der Waals surface area contributed by atoms with Crippen molar-refractivity contribution in [2.24, 2.45) is 11.3 Å². The van der Waals surface area contributed by atoms with E-state index in [4.69, 9.17) is 10.00 Å². The molecule has 1 aliphatic rings. The Hall–Kier alpha value is -2.02. The maximum absolute atomic E-state index is 12.6. The van der Waals surface area contributed by atoms with Crippen molar-refractivity contribution in [2.45, 2.75) is 39.5 Å².